The molecule has 0 aliphatic rings. The first-order valence-corrected chi connectivity index (χ1v) is 18.3. The second-order valence-electron chi connectivity index (χ2n) is 11.7. The van der Waals surface area contributed by atoms with E-state index in [1.165, 1.54) is 62.0 Å². The van der Waals surface area contributed by atoms with Crippen molar-refractivity contribution in [3.05, 3.63) is 70.8 Å². The van der Waals surface area contributed by atoms with Crippen molar-refractivity contribution in [3.63, 3.8) is 0 Å². The number of amides is 2. The minimum Gasteiger partial charge on any atom is -0.396 e. The van der Waals surface area contributed by atoms with E-state index in [-0.39, 0.29) is 18.2 Å². The van der Waals surface area contributed by atoms with Crippen molar-refractivity contribution in [2.45, 2.75) is 116 Å². The van der Waals surface area contributed by atoms with Crippen molar-refractivity contribution in [1.29, 1.82) is 0 Å². The molecule has 2 amide bonds. The van der Waals surface area contributed by atoms with Crippen LogP contribution in [-0.2, 0) is 44.9 Å². The molecule has 0 atom stereocenters. The normalized spacial score (nSPS) is 10.5. The summed E-state index contributed by atoms with van der Waals surface area (Å²) in [5.41, 5.74) is 5.56. The van der Waals surface area contributed by atoms with Crippen LogP contribution < -0.4 is 10.6 Å². The summed E-state index contributed by atoms with van der Waals surface area (Å²) < 4.78 is 0. The van der Waals surface area contributed by atoms with Crippen LogP contribution in [0.1, 0.15) is 112 Å². The molecule has 0 aliphatic heterocycles. The molecule has 0 saturated heterocycles. The fraction of sp³-hybridized carbons (Fsp3) is 0.579. The van der Waals surface area contributed by atoms with E-state index in [1.54, 1.807) is 0 Å². The molecule has 46 heavy (non-hydrogen) atoms. The van der Waals surface area contributed by atoms with Crippen molar-refractivity contribution in [3.8, 4) is 0 Å². The lowest BCUT2D eigenvalue weighted by molar-refractivity contribution is -0.137. The van der Waals surface area contributed by atoms with E-state index in [4.69, 9.17) is 5.11 Å². The molecule has 0 unspecified atom stereocenters. The first-order valence-electron chi connectivity index (χ1n) is 17.2. The SMILES string of the molecule is CNC(=O)C(=O)CCCCc1ccccc1CCCCCCBr.CNC(=O)C(=O)CCCCc1ccccc1CCCCCCO. The molecule has 0 heterocycles. The first-order chi connectivity index (χ1) is 22.4. The minimum absolute atomic E-state index is 0.283. The number of ketones is 2. The molecule has 0 fully saturated rings. The van der Waals surface area contributed by atoms with Gasteiger partial charge < -0.3 is 15.7 Å². The van der Waals surface area contributed by atoms with Crippen molar-refractivity contribution in [1.82, 2.24) is 10.6 Å². The molecule has 0 spiro atoms. The van der Waals surface area contributed by atoms with Gasteiger partial charge in [-0.05, 0) is 99.3 Å². The highest BCUT2D eigenvalue weighted by Gasteiger charge is 2.12. The Balaban J connectivity index is 0.000000460. The minimum atomic E-state index is -0.492. The Kier molecular flexibility index (Phi) is 24.4. The number of benzene rings is 2. The fourth-order valence-electron chi connectivity index (χ4n) is 5.34. The summed E-state index contributed by atoms with van der Waals surface area (Å²) in [7, 11) is 2.98. The van der Waals surface area contributed by atoms with Crippen LogP contribution in [0.2, 0.25) is 0 Å². The molecule has 256 valence electrons. The maximum atomic E-state index is 11.5. The van der Waals surface area contributed by atoms with Crippen molar-refractivity contribution >= 4 is 39.3 Å². The first kappa shape index (κ1) is 41.2. The van der Waals surface area contributed by atoms with Crippen molar-refractivity contribution in [2.75, 3.05) is 26.0 Å². The van der Waals surface area contributed by atoms with Gasteiger partial charge >= 0.3 is 0 Å². The van der Waals surface area contributed by atoms with Crippen molar-refractivity contribution < 1.29 is 24.3 Å². The summed E-state index contributed by atoms with van der Waals surface area (Å²) in [6.45, 7) is 0.283. The molecular formula is C38H57BrN2O5. The van der Waals surface area contributed by atoms with E-state index >= 15 is 0 Å². The van der Waals surface area contributed by atoms with E-state index in [0.29, 0.717) is 12.8 Å². The number of nitrogens with one attached hydrogen (secondary N) is 2. The summed E-state index contributed by atoms with van der Waals surface area (Å²) in [5.74, 6) is -1.61. The standard InChI is InChI=1S/C19H28BrNO2.C19H29NO3/c1-21-19(23)18(22)14-8-7-13-17-12-6-5-11-16(17)10-4-2-3-9-15-20;1-20-19(23)18(22)14-8-7-13-17-12-6-5-11-16(17)10-4-2-3-9-15-21/h5-6,11-12H,2-4,7-10,13-15H2,1H3,(H,21,23);5-6,11-12,21H,2-4,7-10,13-15H2,1H3,(H,20,23). The Morgan fingerprint density at radius 1 is 0.522 bits per heavy atom. The highest BCUT2D eigenvalue weighted by atomic mass is 79.9. The van der Waals surface area contributed by atoms with Crippen LogP contribution in [0.25, 0.3) is 0 Å². The van der Waals surface area contributed by atoms with Crippen LogP contribution in [0.5, 0.6) is 0 Å². The number of likely N-dealkylation sites (N-methyl/N-ethyl adjacent to an activating group) is 2. The van der Waals surface area contributed by atoms with E-state index in [1.807, 2.05) is 0 Å². The van der Waals surface area contributed by atoms with Gasteiger partial charge in [0.15, 0.2) is 0 Å². The Hall–Kier alpha value is -2.84. The highest BCUT2D eigenvalue weighted by Crippen LogP contribution is 2.18. The molecular weight excluding hydrogens is 644 g/mol. The lowest BCUT2D eigenvalue weighted by Gasteiger charge is -2.09. The Bertz CT molecular complexity index is 1060. The number of Topliss-reactive ketones (excluding diaryl/α,β-unsaturated/α-hetero) is 2. The van der Waals surface area contributed by atoms with Gasteiger partial charge in [0.2, 0.25) is 11.6 Å². The maximum absolute atomic E-state index is 11.5. The number of aryl methyl sites for hydroxylation is 4. The summed E-state index contributed by atoms with van der Waals surface area (Å²) in [5, 5.41) is 14.6. The number of alkyl halides is 1. The summed E-state index contributed by atoms with van der Waals surface area (Å²) >= 11 is 3.47. The number of carbonyl (C=O) groups is 4. The molecule has 2 aromatic carbocycles. The largest absolute Gasteiger partial charge is 0.396 e. The number of aliphatic hydroxyl groups is 1. The molecule has 0 saturated carbocycles. The lowest BCUT2D eigenvalue weighted by atomic mass is 9.96. The second-order valence-corrected chi connectivity index (χ2v) is 12.5. The molecule has 2 aromatic rings. The highest BCUT2D eigenvalue weighted by molar-refractivity contribution is 9.09. The van der Waals surface area contributed by atoms with E-state index in [9.17, 15) is 19.2 Å². The van der Waals surface area contributed by atoms with Crippen LogP contribution in [0.3, 0.4) is 0 Å². The smallest absolute Gasteiger partial charge is 0.287 e. The summed E-state index contributed by atoms with van der Waals surface area (Å²) in [4.78, 5) is 45.2. The van der Waals surface area contributed by atoms with Crippen molar-refractivity contribution in [2.24, 2.45) is 0 Å². The number of halogens is 1. The zero-order valence-corrected chi connectivity index (χ0v) is 29.8. The van der Waals surface area contributed by atoms with E-state index in [0.717, 1.165) is 82.4 Å². The average molecular weight is 702 g/mol. The van der Waals surface area contributed by atoms with E-state index < -0.39 is 11.8 Å². The Morgan fingerprint density at radius 3 is 1.17 bits per heavy atom. The Morgan fingerprint density at radius 2 is 0.848 bits per heavy atom. The third-order valence-corrected chi connectivity index (χ3v) is 8.64. The lowest BCUT2D eigenvalue weighted by Crippen LogP contribution is -2.27. The zero-order chi connectivity index (χ0) is 33.8. The quantitative estimate of drug-likeness (QED) is 0.0619. The van der Waals surface area contributed by atoms with Gasteiger partial charge in [-0.1, -0.05) is 90.1 Å². The molecule has 2 rings (SSSR count). The Labute approximate surface area is 285 Å². The average Bonchev–Trinajstić information content (AvgIpc) is 3.08. The molecule has 0 aliphatic carbocycles. The van der Waals surface area contributed by atoms with Crippen LogP contribution in [0, 0.1) is 0 Å². The molecule has 0 aromatic heterocycles. The molecule has 7 nitrogen and oxygen atoms in total. The van der Waals surface area contributed by atoms with Gasteiger partial charge in [-0.2, -0.15) is 0 Å². The third kappa shape index (κ3) is 19.0. The van der Waals surface area contributed by atoms with Crippen LogP contribution in [-0.4, -0.2) is 54.5 Å². The van der Waals surface area contributed by atoms with Gasteiger partial charge in [0.25, 0.3) is 11.8 Å². The van der Waals surface area contributed by atoms with Gasteiger partial charge in [0.1, 0.15) is 0 Å². The summed E-state index contributed by atoms with van der Waals surface area (Å²) in [6, 6.07) is 17.1. The van der Waals surface area contributed by atoms with E-state index in [2.05, 4.69) is 75.1 Å². The molecule has 0 radical (unpaired) electrons. The number of hydrogen-bond acceptors (Lipinski definition) is 5. The zero-order valence-electron chi connectivity index (χ0n) is 28.2. The topological polar surface area (TPSA) is 113 Å². The van der Waals surface area contributed by atoms with Gasteiger partial charge in [-0.15, -0.1) is 0 Å². The predicted octanol–water partition coefficient (Wildman–Crippen LogP) is 7.02. The van der Waals surface area contributed by atoms with Gasteiger partial charge in [-0.3, -0.25) is 19.2 Å². The van der Waals surface area contributed by atoms with Gasteiger partial charge in [-0.25, -0.2) is 0 Å². The predicted molar refractivity (Wildman–Crippen MR) is 191 cm³/mol. The number of rotatable bonds is 24. The third-order valence-electron chi connectivity index (χ3n) is 8.08. The van der Waals surface area contributed by atoms with Gasteiger partial charge in [0.05, 0.1) is 0 Å². The van der Waals surface area contributed by atoms with Crippen LogP contribution in [0.15, 0.2) is 48.5 Å². The summed E-state index contributed by atoms with van der Waals surface area (Å²) in [6.07, 6.45) is 17.5. The second kappa shape index (κ2) is 27.3. The number of carbonyl (C=O) groups excluding carboxylic acids is 4. The van der Waals surface area contributed by atoms with Crippen LogP contribution in [0.4, 0.5) is 0 Å². The van der Waals surface area contributed by atoms with Gasteiger partial charge in [0, 0.05) is 38.9 Å². The monoisotopic (exact) mass is 700 g/mol. The van der Waals surface area contributed by atoms with Crippen LogP contribution >= 0.6 is 15.9 Å². The maximum Gasteiger partial charge on any atom is 0.287 e. The number of unbranched alkanes of at least 4 members (excludes halogenated alkanes) is 8. The molecule has 3 N–H and O–H groups in total. The fourth-order valence-corrected chi connectivity index (χ4v) is 5.74. The number of hydrogen-bond donors (Lipinski definition) is 3. The molecule has 8 heteroatoms. The molecule has 0 bridgehead atoms. The number of aliphatic hydroxyl groups excluding tert-OH is 1.